The van der Waals surface area contributed by atoms with Gasteiger partial charge in [-0.2, -0.15) is 4.37 Å². The third kappa shape index (κ3) is 2.81. The lowest BCUT2D eigenvalue weighted by molar-refractivity contribution is 0.814. The summed E-state index contributed by atoms with van der Waals surface area (Å²) < 4.78 is 4.06. The van der Waals surface area contributed by atoms with E-state index >= 15 is 0 Å². The Bertz CT molecular complexity index is 455. The Labute approximate surface area is 105 Å². The molecule has 2 rings (SSSR count). The van der Waals surface area contributed by atoms with Gasteiger partial charge in [0.25, 0.3) is 0 Å². The molecule has 0 saturated heterocycles. The number of benzene rings is 1. The quantitative estimate of drug-likeness (QED) is 0.882. The Morgan fingerprint density at radius 3 is 2.82 bits per heavy atom. The van der Waals surface area contributed by atoms with Gasteiger partial charge in [-0.15, -0.1) is 0 Å². The van der Waals surface area contributed by atoms with Gasteiger partial charge in [0, 0.05) is 23.8 Å². The predicted octanol–water partition coefficient (Wildman–Crippen LogP) is 2.33. The van der Waals surface area contributed by atoms with Crippen LogP contribution in [0.25, 0.3) is 0 Å². The second-order valence-corrected chi connectivity index (χ2v) is 4.56. The lowest BCUT2D eigenvalue weighted by atomic mass is 10.2. The van der Waals surface area contributed by atoms with E-state index in [-0.39, 0.29) is 0 Å². The van der Waals surface area contributed by atoms with E-state index in [9.17, 15) is 0 Å². The Kier molecular flexibility index (Phi) is 4.06. The molecule has 0 spiro atoms. The number of rotatable bonds is 5. The van der Waals surface area contributed by atoms with Crippen molar-refractivity contribution in [2.75, 3.05) is 18.0 Å². The van der Waals surface area contributed by atoms with Crippen LogP contribution in [-0.4, -0.2) is 22.4 Å². The molecule has 5 heteroatoms. The van der Waals surface area contributed by atoms with Crippen molar-refractivity contribution in [2.45, 2.75) is 13.3 Å². The van der Waals surface area contributed by atoms with Crippen LogP contribution in [0.1, 0.15) is 12.0 Å². The normalized spacial score (nSPS) is 10.5. The molecule has 0 bridgehead atoms. The van der Waals surface area contributed by atoms with E-state index in [0.717, 1.165) is 18.1 Å². The van der Waals surface area contributed by atoms with Gasteiger partial charge < -0.3 is 10.6 Å². The van der Waals surface area contributed by atoms with Crippen LogP contribution in [0, 0.1) is 6.92 Å². The molecule has 0 aliphatic rings. The maximum Gasteiger partial charge on any atom is 0.209 e. The van der Waals surface area contributed by atoms with Crippen LogP contribution in [0.15, 0.2) is 30.6 Å². The number of nitrogens with two attached hydrogens (primary N) is 1. The summed E-state index contributed by atoms with van der Waals surface area (Å²) in [5, 5.41) is 0.924. The number of aryl methyl sites for hydroxylation is 1. The monoisotopic (exact) mass is 248 g/mol. The fraction of sp³-hybridized carbons (Fsp3) is 0.333. The van der Waals surface area contributed by atoms with Crippen LogP contribution in [0.2, 0.25) is 0 Å². The lowest BCUT2D eigenvalue weighted by Gasteiger charge is -2.23. The molecule has 1 aromatic carbocycles. The van der Waals surface area contributed by atoms with Crippen molar-refractivity contribution < 1.29 is 0 Å². The van der Waals surface area contributed by atoms with Crippen LogP contribution >= 0.6 is 11.5 Å². The van der Waals surface area contributed by atoms with Gasteiger partial charge in [-0.3, -0.25) is 0 Å². The first-order valence-corrected chi connectivity index (χ1v) is 6.40. The highest BCUT2D eigenvalue weighted by Gasteiger charge is 2.13. The van der Waals surface area contributed by atoms with Crippen LogP contribution in [0.5, 0.6) is 0 Å². The van der Waals surface area contributed by atoms with Crippen LogP contribution < -0.4 is 10.6 Å². The van der Waals surface area contributed by atoms with Crippen molar-refractivity contribution in [3.8, 4) is 0 Å². The third-order valence-electron chi connectivity index (χ3n) is 2.57. The van der Waals surface area contributed by atoms with Crippen molar-refractivity contribution in [1.29, 1.82) is 0 Å². The van der Waals surface area contributed by atoms with Crippen LogP contribution in [0.3, 0.4) is 0 Å². The standard InChI is InChI=1S/C12H16N4S/c1-10-5-2-3-6-11(10)16(8-4-7-13)12-14-9-15-17-12/h2-3,5-6,9H,4,7-8,13H2,1H3. The summed E-state index contributed by atoms with van der Waals surface area (Å²) in [6.07, 6.45) is 2.53. The first kappa shape index (κ1) is 12.0. The van der Waals surface area contributed by atoms with E-state index in [0.29, 0.717) is 6.54 Å². The van der Waals surface area contributed by atoms with E-state index in [1.807, 2.05) is 12.1 Å². The highest BCUT2D eigenvalue weighted by Crippen LogP contribution is 2.28. The molecule has 90 valence electrons. The minimum atomic E-state index is 0.682. The molecule has 0 fully saturated rings. The molecule has 0 saturated carbocycles. The van der Waals surface area contributed by atoms with Crippen LogP contribution in [0.4, 0.5) is 10.8 Å². The lowest BCUT2D eigenvalue weighted by Crippen LogP contribution is -2.21. The fourth-order valence-electron chi connectivity index (χ4n) is 1.72. The molecule has 0 aliphatic carbocycles. The average molecular weight is 248 g/mol. The van der Waals surface area contributed by atoms with E-state index in [2.05, 4.69) is 33.3 Å². The minimum absolute atomic E-state index is 0.682. The van der Waals surface area contributed by atoms with Crippen molar-refractivity contribution in [3.63, 3.8) is 0 Å². The molecule has 17 heavy (non-hydrogen) atoms. The van der Waals surface area contributed by atoms with E-state index < -0.39 is 0 Å². The highest BCUT2D eigenvalue weighted by molar-refractivity contribution is 7.09. The second-order valence-electron chi connectivity index (χ2n) is 3.80. The van der Waals surface area contributed by atoms with Crippen molar-refractivity contribution in [3.05, 3.63) is 36.2 Å². The molecule has 1 aromatic heterocycles. The zero-order valence-electron chi connectivity index (χ0n) is 9.84. The first-order valence-electron chi connectivity index (χ1n) is 5.63. The second kappa shape index (κ2) is 5.75. The highest BCUT2D eigenvalue weighted by atomic mass is 32.1. The molecule has 0 amide bonds. The van der Waals surface area contributed by atoms with Gasteiger partial charge >= 0.3 is 0 Å². The topological polar surface area (TPSA) is 55.0 Å². The maximum atomic E-state index is 5.59. The van der Waals surface area contributed by atoms with E-state index in [4.69, 9.17) is 5.73 Å². The van der Waals surface area contributed by atoms with Crippen molar-refractivity contribution in [1.82, 2.24) is 9.36 Å². The molecule has 0 aliphatic heterocycles. The zero-order valence-corrected chi connectivity index (χ0v) is 10.7. The molecule has 0 unspecified atom stereocenters. The minimum Gasteiger partial charge on any atom is -0.330 e. The molecule has 1 heterocycles. The summed E-state index contributed by atoms with van der Waals surface area (Å²) in [7, 11) is 0. The molecule has 0 radical (unpaired) electrons. The SMILES string of the molecule is Cc1ccccc1N(CCCN)c1ncns1. The van der Waals surface area contributed by atoms with Gasteiger partial charge in [-0.25, -0.2) is 4.98 Å². The maximum absolute atomic E-state index is 5.59. The summed E-state index contributed by atoms with van der Waals surface area (Å²) in [5.74, 6) is 0. The fourth-order valence-corrected chi connectivity index (χ4v) is 2.29. The molecular weight excluding hydrogens is 232 g/mol. The number of anilines is 2. The number of hydrogen-bond donors (Lipinski definition) is 1. The summed E-state index contributed by atoms with van der Waals surface area (Å²) in [5.41, 5.74) is 8.00. The van der Waals surface area contributed by atoms with Gasteiger partial charge in [-0.1, -0.05) is 18.2 Å². The number of nitrogens with zero attached hydrogens (tertiary/aromatic N) is 3. The smallest absolute Gasteiger partial charge is 0.209 e. The summed E-state index contributed by atoms with van der Waals surface area (Å²) in [6.45, 7) is 3.66. The molecule has 4 nitrogen and oxygen atoms in total. The molecule has 2 N–H and O–H groups in total. The van der Waals surface area contributed by atoms with E-state index in [1.54, 1.807) is 6.33 Å². The number of hydrogen-bond acceptors (Lipinski definition) is 5. The summed E-state index contributed by atoms with van der Waals surface area (Å²) >= 11 is 1.41. The Morgan fingerprint density at radius 1 is 1.35 bits per heavy atom. The van der Waals surface area contributed by atoms with Crippen LogP contribution in [-0.2, 0) is 0 Å². The number of para-hydroxylation sites is 1. The Morgan fingerprint density at radius 2 is 2.18 bits per heavy atom. The third-order valence-corrected chi connectivity index (χ3v) is 3.26. The van der Waals surface area contributed by atoms with Crippen molar-refractivity contribution in [2.24, 2.45) is 5.73 Å². The average Bonchev–Trinajstić information content (AvgIpc) is 2.85. The first-order chi connectivity index (χ1) is 8.33. The molecule has 2 aromatic rings. The Balaban J connectivity index is 2.30. The van der Waals surface area contributed by atoms with Gasteiger partial charge in [-0.05, 0) is 31.5 Å². The van der Waals surface area contributed by atoms with Gasteiger partial charge in [0.1, 0.15) is 6.33 Å². The predicted molar refractivity (Wildman–Crippen MR) is 71.8 cm³/mol. The Hall–Kier alpha value is -1.46. The molecular formula is C12H16N4S. The zero-order chi connectivity index (χ0) is 12.1. The van der Waals surface area contributed by atoms with Crippen molar-refractivity contribution >= 4 is 22.4 Å². The number of aromatic nitrogens is 2. The van der Waals surface area contributed by atoms with Gasteiger partial charge in [0.15, 0.2) is 0 Å². The largest absolute Gasteiger partial charge is 0.330 e. The van der Waals surface area contributed by atoms with E-state index in [1.165, 1.54) is 22.8 Å². The van der Waals surface area contributed by atoms with Gasteiger partial charge in [0.05, 0.1) is 0 Å². The van der Waals surface area contributed by atoms with Gasteiger partial charge in [0.2, 0.25) is 5.13 Å². The molecule has 0 atom stereocenters. The summed E-state index contributed by atoms with van der Waals surface area (Å²) in [4.78, 5) is 6.46. The summed E-state index contributed by atoms with van der Waals surface area (Å²) in [6, 6.07) is 8.29.